The second-order valence-electron chi connectivity index (χ2n) is 6.60. The number of benzene rings is 1. The van der Waals surface area contributed by atoms with Crippen molar-refractivity contribution in [3.05, 3.63) is 65.8 Å². The molecule has 2 heteroatoms. The first-order chi connectivity index (χ1) is 12.3. The molecule has 0 spiro atoms. The Balaban J connectivity index is 2.17. The molecule has 1 aromatic carbocycles. The van der Waals surface area contributed by atoms with Crippen molar-refractivity contribution in [1.29, 1.82) is 0 Å². The molecule has 0 heterocycles. The quantitative estimate of drug-likeness (QED) is 0.140. The molecule has 1 nitrogen and oxygen atoms in total. The minimum absolute atomic E-state index is 0.371. The molecule has 1 aromatic rings. The van der Waals surface area contributed by atoms with Crippen molar-refractivity contribution >= 4 is 11.8 Å². The fourth-order valence-corrected chi connectivity index (χ4v) is 3.99. The molecule has 25 heavy (non-hydrogen) atoms. The van der Waals surface area contributed by atoms with Crippen LogP contribution in [0.1, 0.15) is 64.7 Å². The van der Waals surface area contributed by atoms with E-state index in [1.165, 1.54) is 54.7 Å². The topological polar surface area (TPSA) is 9.23 Å². The second kappa shape index (κ2) is 12.0. The summed E-state index contributed by atoms with van der Waals surface area (Å²) in [6.07, 6.45) is 17.6. The Bertz CT molecular complexity index is 553. The van der Waals surface area contributed by atoms with Gasteiger partial charge < -0.3 is 4.74 Å². The average molecular weight is 357 g/mol. The Morgan fingerprint density at radius 3 is 2.60 bits per heavy atom. The van der Waals surface area contributed by atoms with Gasteiger partial charge in [0.2, 0.25) is 0 Å². The zero-order valence-electron chi connectivity index (χ0n) is 15.6. The van der Waals surface area contributed by atoms with Crippen molar-refractivity contribution < 1.29 is 4.74 Å². The summed E-state index contributed by atoms with van der Waals surface area (Å²) < 4.78 is 6.48. The molecule has 1 aliphatic rings. The minimum Gasteiger partial charge on any atom is -0.490 e. The van der Waals surface area contributed by atoms with Gasteiger partial charge in [0.25, 0.3) is 0 Å². The largest absolute Gasteiger partial charge is 0.490 e. The third-order valence-corrected chi connectivity index (χ3v) is 5.51. The molecule has 0 saturated heterocycles. The number of hydrogen-bond donors (Lipinski definition) is 0. The average Bonchev–Trinajstić information content (AvgIpc) is 2.66. The van der Waals surface area contributed by atoms with E-state index in [-0.39, 0.29) is 0 Å². The smallest absolute Gasteiger partial charge is 0.129 e. The van der Waals surface area contributed by atoms with Crippen molar-refractivity contribution in [2.75, 3.05) is 0 Å². The molecule has 136 valence electrons. The highest BCUT2D eigenvalue weighted by atomic mass is 32.2. The van der Waals surface area contributed by atoms with Gasteiger partial charge in [0.1, 0.15) is 5.76 Å². The van der Waals surface area contributed by atoms with Crippen LogP contribution in [0.5, 0.6) is 0 Å². The normalized spacial score (nSPS) is 16.7. The maximum absolute atomic E-state index is 6.48. The van der Waals surface area contributed by atoms with Gasteiger partial charge in [-0.3, -0.25) is 0 Å². The monoisotopic (exact) mass is 356 g/mol. The molecule has 1 aliphatic carbocycles. The molecule has 0 atom stereocenters. The van der Waals surface area contributed by atoms with Crippen LogP contribution in [0.25, 0.3) is 0 Å². The van der Waals surface area contributed by atoms with E-state index in [9.17, 15) is 0 Å². The Kier molecular flexibility index (Phi) is 9.58. The lowest BCUT2D eigenvalue weighted by Gasteiger charge is -2.25. The third kappa shape index (κ3) is 7.56. The number of thioether (sulfide) groups is 1. The molecule has 1 fully saturated rings. The van der Waals surface area contributed by atoms with Crippen LogP contribution in [-0.4, -0.2) is 6.10 Å². The number of unbranched alkanes of at least 4 members (excludes halogenated alkanes) is 2. The molecule has 0 N–H and O–H groups in total. The summed E-state index contributed by atoms with van der Waals surface area (Å²) in [5, 5.41) is 0. The number of allylic oxidation sites excluding steroid dienone is 3. The number of rotatable bonds is 10. The van der Waals surface area contributed by atoms with Gasteiger partial charge >= 0.3 is 0 Å². The molecule has 0 amide bonds. The summed E-state index contributed by atoms with van der Waals surface area (Å²) in [6, 6.07) is 10.6. The van der Waals surface area contributed by atoms with Crippen molar-refractivity contribution in [3.63, 3.8) is 0 Å². The van der Waals surface area contributed by atoms with Gasteiger partial charge in [-0.05, 0) is 56.7 Å². The van der Waals surface area contributed by atoms with Crippen LogP contribution in [0.4, 0.5) is 0 Å². The molecular weight excluding hydrogens is 324 g/mol. The van der Waals surface area contributed by atoms with Gasteiger partial charge in [0, 0.05) is 9.80 Å². The lowest BCUT2D eigenvalue weighted by Crippen LogP contribution is -2.16. The Morgan fingerprint density at radius 2 is 1.92 bits per heavy atom. The van der Waals surface area contributed by atoms with Crippen LogP contribution in [-0.2, 0) is 4.74 Å². The van der Waals surface area contributed by atoms with Crippen LogP contribution in [0, 0.1) is 0 Å². The van der Waals surface area contributed by atoms with E-state index in [2.05, 4.69) is 56.0 Å². The molecule has 0 unspecified atom stereocenters. The van der Waals surface area contributed by atoms with Gasteiger partial charge in [-0.15, -0.1) is 6.58 Å². The van der Waals surface area contributed by atoms with E-state index in [0.717, 1.165) is 18.6 Å². The van der Waals surface area contributed by atoms with E-state index in [1.54, 1.807) is 0 Å². The minimum atomic E-state index is 0.371. The predicted molar refractivity (Wildman–Crippen MR) is 111 cm³/mol. The first-order valence-electron chi connectivity index (χ1n) is 9.74. The molecule has 0 bridgehead atoms. The van der Waals surface area contributed by atoms with Crippen LogP contribution in [0.2, 0.25) is 0 Å². The predicted octanol–water partition coefficient (Wildman–Crippen LogP) is 7.66. The summed E-state index contributed by atoms with van der Waals surface area (Å²) in [5.74, 6) is 1.05. The lowest BCUT2D eigenvalue weighted by atomic mass is 9.98. The maximum atomic E-state index is 6.48. The van der Waals surface area contributed by atoms with E-state index < -0.39 is 0 Å². The zero-order chi connectivity index (χ0) is 17.7. The van der Waals surface area contributed by atoms with Crippen LogP contribution in [0.3, 0.4) is 0 Å². The molecule has 2 rings (SSSR count). The van der Waals surface area contributed by atoms with E-state index >= 15 is 0 Å². The molecular formula is C23H32OS. The Labute approximate surface area is 158 Å². The fraction of sp³-hybridized carbons (Fsp3) is 0.478. The van der Waals surface area contributed by atoms with E-state index in [4.69, 9.17) is 4.74 Å². The van der Waals surface area contributed by atoms with Crippen molar-refractivity contribution in [3.8, 4) is 0 Å². The third-order valence-electron chi connectivity index (χ3n) is 4.42. The van der Waals surface area contributed by atoms with Gasteiger partial charge in [-0.1, -0.05) is 68.3 Å². The van der Waals surface area contributed by atoms with Crippen LogP contribution >= 0.6 is 11.8 Å². The van der Waals surface area contributed by atoms with Crippen LogP contribution in [0.15, 0.2) is 70.7 Å². The number of hydrogen-bond acceptors (Lipinski definition) is 2. The van der Waals surface area contributed by atoms with Gasteiger partial charge in [0.15, 0.2) is 0 Å². The molecule has 0 aromatic heterocycles. The summed E-state index contributed by atoms with van der Waals surface area (Å²) in [7, 11) is 0. The highest BCUT2D eigenvalue weighted by molar-refractivity contribution is 8.03. The second-order valence-corrected chi connectivity index (χ2v) is 7.71. The first-order valence-corrected chi connectivity index (χ1v) is 10.6. The van der Waals surface area contributed by atoms with Crippen molar-refractivity contribution in [1.82, 2.24) is 0 Å². The van der Waals surface area contributed by atoms with Crippen molar-refractivity contribution in [2.24, 2.45) is 0 Å². The highest BCUT2D eigenvalue weighted by Gasteiger charge is 2.18. The van der Waals surface area contributed by atoms with E-state index in [1.807, 2.05) is 17.8 Å². The van der Waals surface area contributed by atoms with Gasteiger partial charge in [0.05, 0.1) is 6.10 Å². The van der Waals surface area contributed by atoms with Crippen molar-refractivity contribution in [2.45, 2.75) is 75.7 Å². The Morgan fingerprint density at radius 1 is 1.16 bits per heavy atom. The highest BCUT2D eigenvalue weighted by Crippen LogP contribution is 2.35. The number of ether oxygens (including phenoxy) is 1. The fourth-order valence-electron chi connectivity index (χ4n) is 3.01. The maximum Gasteiger partial charge on any atom is 0.129 e. The molecule has 1 saturated carbocycles. The standard InChI is InChI=1S/C23H32OS/c1-3-5-9-19-23(25-21-16-12-8-13-17-21)22(18-6-4-2)24-20-14-10-7-11-15-20/h4,8,12-13,16-20H,2-3,5-7,9-11,14-15H2,1H3/b22-18-,23-19-. The van der Waals surface area contributed by atoms with Gasteiger partial charge in [-0.25, -0.2) is 0 Å². The Hall–Kier alpha value is -1.41. The summed E-state index contributed by atoms with van der Waals surface area (Å²) in [4.78, 5) is 2.52. The summed E-state index contributed by atoms with van der Waals surface area (Å²) >= 11 is 1.82. The van der Waals surface area contributed by atoms with E-state index in [0.29, 0.717) is 6.10 Å². The summed E-state index contributed by atoms with van der Waals surface area (Å²) in [6.45, 7) is 6.11. The van der Waals surface area contributed by atoms with Gasteiger partial charge in [-0.2, -0.15) is 0 Å². The zero-order valence-corrected chi connectivity index (χ0v) is 16.4. The lowest BCUT2D eigenvalue weighted by molar-refractivity contribution is 0.0887. The molecule has 0 radical (unpaired) electrons. The van der Waals surface area contributed by atoms with Crippen LogP contribution < -0.4 is 0 Å². The first kappa shape index (κ1) is 19.9. The summed E-state index contributed by atoms with van der Waals surface area (Å²) in [5.41, 5.74) is 0. The molecule has 0 aliphatic heterocycles. The SMILES string of the molecule is C=CC/C=C(OC1CCCCC1)/C(=C/CCCC)Sc1ccccc1.